The number of amides is 2. The van der Waals surface area contributed by atoms with E-state index in [-0.39, 0.29) is 18.2 Å². The molecule has 0 fully saturated rings. The summed E-state index contributed by atoms with van der Waals surface area (Å²) in [6, 6.07) is 9.11. The van der Waals surface area contributed by atoms with E-state index in [4.69, 9.17) is 4.42 Å². The molecular formula is C18H18N4O3S. The second kappa shape index (κ2) is 8.39. The SMILES string of the molecule is CCc1ccc(C(=O)NNC(=O)CCc2nnc(-c3ccsc3)o2)cc1. The van der Waals surface area contributed by atoms with Crippen LogP contribution in [0.3, 0.4) is 0 Å². The maximum atomic E-state index is 12.0. The summed E-state index contributed by atoms with van der Waals surface area (Å²) in [5.41, 5.74) is 7.28. The zero-order chi connectivity index (χ0) is 18.4. The monoisotopic (exact) mass is 370 g/mol. The Kier molecular flexibility index (Phi) is 5.75. The van der Waals surface area contributed by atoms with Gasteiger partial charge in [0.15, 0.2) is 0 Å². The van der Waals surface area contributed by atoms with Crippen molar-refractivity contribution in [2.45, 2.75) is 26.2 Å². The van der Waals surface area contributed by atoms with E-state index in [0.29, 0.717) is 23.8 Å². The Bertz CT molecular complexity index is 872. The van der Waals surface area contributed by atoms with E-state index in [2.05, 4.69) is 21.0 Å². The number of aromatic nitrogens is 2. The molecule has 0 atom stereocenters. The van der Waals surface area contributed by atoms with Crippen molar-refractivity contribution in [1.82, 2.24) is 21.0 Å². The van der Waals surface area contributed by atoms with E-state index in [9.17, 15) is 9.59 Å². The second-order valence-electron chi connectivity index (χ2n) is 5.57. The summed E-state index contributed by atoms with van der Waals surface area (Å²) in [5, 5.41) is 11.7. The number of hydrogen-bond acceptors (Lipinski definition) is 6. The fraction of sp³-hybridized carbons (Fsp3) is 0.222. The van der Waals surface area contributed by atoms with Gasteiger partial charge in [-0.1, -0.05) is 19.1 Å². The zero-order valence-corrected chi connectivity index (χ0v) is 15.0. The molecule has 0 saturated heterocycles. The van der Waals surface area contributed by atoms with Crippen molar-refractivity contribution < 1.29 is 14.0 Å². The van der Waals surface area contributed by atoms with Crippen LogP contribution in [0.15, 0.2) is 45.5 Å². The Morgan fingerprint density at radius 2 is 1.92 bits per heavy atom. The number of hydrogen-bond donors (Lipinski definition) is 2. The number of benzene rings is 1. The van der Waals surface area contributed by atoms with E-state index in [1.54, 1.807) is 12.1 Å². The van der Waals surface area contributed by atoms with Crippen LogP contribution in [0, 0.1) is 0 Å². The molecule has 2 aromatic heterocycles. The average molecular weight is 370 g/mol. The van der Waals surface area contributed by atoms with Gasteiger partial charge in [-0.05, 0) is 35.6 Å². The Labute approximate surface area is 154 Å². The third-order valence-corrected chi connectivity index (χ3v) is 4.42. The molecule has 3 rings (SSSR count). The van der Waals surface area contributed by atoms with E-state index in [1.807, 2.05) is 35.9 Å². The third-order valence-electron chi connectivity index (χ3n) is 3.74. The molecule has 0 unspecified atom stereocenters. The van der Waals surface area contributed by atoms with Crippen molar-refractivity contribution in [3.8, 4) is 11.5 Å². The van der Waals surface area contributed by atoms with Crippen LogP contribution in [0.1, 0.15) is 35.2 Å². The molecule has 0 spiro atoms. The van der Waals surface area contributed by atoms with Gasteiger partial charge in [0, 0.05) is 29.3 Å². The van der Waals surface area contributed by atoms with Crippen molar-refractivity contribution in [2.75, 3.05) is 0 Å². The summed E-state index contributed by atoms with van der Waals surface area (Å²) < 4.78 is 5.51. The quantitative estimate of drug-likeness (QED) is 0.650. The fourth-order valence-corrected chi connectivity index (χ4v) is 2.86. The molecule has 0 radical (unpaired) electrons. The smallest absolute Gasteiger partial charge is 0.269 e. The van der Waals surface area contributed by atoms with Crippen LogP contribution in [-0.4, -0.2) is 22.0 Å². The van der Waals surface area contributed by atoms with E-state index >= 15 is 0 Å². The minimum absolute atomic E-state index is 0.125. The Hall–Kier alpha value is -3.00. The normalized spacial score (nSPS) is 10.5. The number of nitrogens with zero attached hydrogens (tertiary/aromatic N) is 2. The van der Waals surface area contributed by atoms with Crippen molar-refractivity contribution in [2.24, 2.45) is 0 Å². The summed E-state index contributed by atoms with van der Waals surface area (Å²) in [4.78, 5) is 23.9. The Morgan fingerprint density at radius 1 is 1.12 bits per heavy atom. The van der Waals surface area contributed by atoms with Crippen LogP contribution in [0.4, 0.5) is 0 Å². The number of hydrazine groups is 1. The van der Waals surface area contributed by atoms with Gasteiger partial charge < -0.3 is 4.42 Å². The van der Waals surface area contributed by atoms with E-state index < -0.39 is 0 Å². The highest BCUT2D eigenvalue weighted by Crippen LogP contribution is 2.20. The zero-order valence-electron chi connectivity index (χ0n) is 14.2. The summed E-state index contributed by atoms with van der Waals surface area (Å²) in [6.45, 7) is 2.04. The van der Waals surface area contributed by atoms with Crippen molar-refractivity contribution in [3.05, 3.63) is 58.1 Å². The molecule has 2 amide bonds. The summed E-state index contributed by atoms with van der Waals surface area (Å²) in [7, 11) is 0. The average Bonchev–Trinajstić information content (AvgIpc) is 3.36. The molecule has 0 aliphatic heterocycles. The van der Waals surface area contributed by atoms with Crippen molar-refractivity contribution in [3.63, 3.8) is 0 Å². The molecule has 0 aliphatic rings. The molecule has 0 bridgehead atoms. The highest BCUT2D eigenvalue weighted by atomic mass is 32.1. The van der Waals surface area contributed by atoms with Crippen LogP contribution in [0.2, 0.25) is 0 Å². The molecule has 3 aromatic rings. The number of nitrogens with one attached hydrogen (secondary N) is 2. The van der Waals surface area contributed by atoms with Crippen LogP contribution in [-0.2, 0) is 17.6 Å². The number of carbonyl (C=O) groups excluding carboxylic acids is 2. The van der Waals surface area contributed by atoms with E-state index in [0.717, 1.165) is 17.5 Å². The topological polar surface area (TPSA) is 97.1 Å². The Morgan fingerprint density at radius 3 is 2.62 bits per heavy atom. The van der Waals surface area contributed by atoms with Crippen LogP contribution < -0.4 is 10.9 Å². The van der Waals surface area contributed by atoms with Gasteiger partial charge in [0.2, 0.25) is 17.7 Å². The maximum absolute atomic E-state index is 12.0. The highest BCUT2D eigenvalue weighted by molar-refractivity contribution is 7.08. The second-order valence-corrected chi connectivity index (χ2v) is 6.35. The molecule has 2 heterocycles. The summed E-state index contributed by atoms with van der Waals surface area (Å²) in [6.07, 6.45) is 1.33. The molecule has 2 N–H and O–H groups in total. The first kappa shape index (κ1) is 17.8. The van der Waals surface area contributed by atoms with Gasteiger partial charge in [0.1, 0.15) is 0 Å². The van der Waals surface area contributed by atoms with Gasteiger partial charge in [0.25, 0.3) is 5.91 Å². The van der Waals surface area contributed by atoms with Gasteiger partial charge in [-0.2, -0.15) is 11.3 Å². The third kappa shape index (κ3) is 4.54. The number of thiophene rings is 1. The predicted octanol–water partition coefficient (Wildman–Crippen LogP) is 2.75. The van der Waals surface area contributed by atoms with Crippen LogP contribution in [0.25, 0.3) is 11.5 Å². The number of aryl methyl sites for hydroxylation is 2. The first-order chi connectivity index (χ1) is 12.7. The van der Waals surface area contributed by atoms with Gasteiger partial charge in [-0.25, -0.2) is 0 Å². The lowest BCUT2D eigenvalue weighted by molar-refractivity contribution is -0.121. The molecule has 134 valence electrons. The van der Waals surface area contributed by atoms with Gasteiger partial charge in [0.05, 0.1) is 0 Å². The molecule has 7 nitrogen and oxygen atoms in total. The number of rotatable bonds is 6. The van der Waals surface area contributed by atoms with Gasteiger partial charge in [-0.3, -0.25) is 20.4 Å². The number of carbonyl (C=O) groups is 2. The first-order valence-electron chi connectivity index (χ1n) is 8.18. The molecule has 0 aliphatic carbocycles. The van der Waals surface area contributed by atoms with Crippen molar-refractivity contribution >= 4 is 23.2 Å². The van der Waals surface area contributed by atoms with Crippen molar-refractivity contribution in [1.29, 1.82) is 0 Å². The predicted molar refractivity (Wildman–Crippen MR) is 97.4 cm³/mol. The largest absolute Gasteiger partial charge is 0.421 e. The minimum Gasteiger partial charge on any atom is -0.421 e. The summed E-state index contributed by atoms with van der Waals surface area (Å²) >= 11 is 1.54. The lowest BCUT2D eigenvalue weighted by atomic mass is 10.1. The van der Waals surface area contributed by atoms with Crippen LogP contribution >= 0.6 is 11.3 Å². The minimum atomic E-state index is -0.362. The molecular weight excluding hydrogens is 352 g/mol. The summed E-state index contributed by atoms with van der Waals surface area (Å²) in [5.74, 6) is 0.116. The molecule has 0 saturated carbocycles. The Balaban J connectivity index is 1.44. The highest BCUT2D eigenvalue weighted by Gasteiger charge is 2.12. The van der Waals surface area contributed by atoms with Gasteiger partial charge in [-0.15, -0.1) is 10.2 Å². The lowest BCUT2D eigenvalue weighted by Crippen LogP contribution is -2.41. The molecule has 26 heavy (non-hydrogen) atoms. The van der Waals surface area contributed by atoms with Gasteiger partial charge >= 0.3 is 0 Å². The van der Waals surface area contributed by atoms with E-state index in [1.165, 1.54) is 11.3 Å². The fourth-order valence-electron chi connectivity index (χ4n) is 2.23. The molecule has 8 heteroatoms. The lowest BCUT2D eigenvalue weighted by Gasteiger charge is -2.07. The standard InChI is InChI=1S/C18H18N4O3S/c1-2-12-3-5-13(6-4-12)17(24)21-19-15(23)7-8-16-20-22-18(25-16)14-9-10-26-11-14/h3-6,9-11H,2,7-8H2,1H3,(H,19,23)(H,21,24). The maximum Gasteiger partial charge on any atom is 0.269 e. The first-order valence-corrected chi connectivity index (χ1v) is 9.13. The van der Waals surface area contributed by atoms with Crippen LogP contribution in [0.5, 0.6) is 0 Å². The molecule has 1 aromatic carbocycles.